The zero-order valence-corrected chi connectivity index (χ0v) is 19.4. The van der Waals surface area contributed by atoms with Gasteiger partial charge in [0.25, 0.3) is 0 Å². The summed E-state index contributed by atoms with van der Waals surface area (Å²) in [5, 5.41) is 22.9. The molecule has 7 nitrogen and oxygen atoms in total. The van der Waals surface area contributed by atoms with Crippen LogP contribution in [0.2, 0.25) is 0 Å². The normalized spacial score (nSPS) is 50.3. The van der Waals surface area contributed by atoms with Crippen LogP contribution in [0.4, 0.5) is 0 Å². The molecule has 0 aromatic carbocycles. The van der Waals surface area contributed by atoms with Crippen molar-refractivity contribution in [2.24, 2.45) is 39.9 Å². The van der Waals surface area contributed by atoms with Gasteiger partial charge in [-0.15, -0.1) is 0 Å². The summed E-state index contributed by atoms with van der Waals surface area (Å²) >= 11 is 0. The quantitative estimate of drug-likeness (QED) is 0.639. The van der Waals surface area contributed by atoms with Crippen LogP contribution in [-0.4, -0.2) is 52.4 Å². The first-order valence-corrected chi connectivity index (χ1v) is 11.5. The number of Topliss-reactive ketones (excluding diaryl/α,β-unsaturated/α-hetero) is 1. The van der Waals surface area contributed by atoms with Crippen molar-refractivity contribution < 1.29 is 34.1 Å². The van der Waals surface area contributed by atoms with Crippen LogP contribution in [0, 0.1) is 39.9 Å². The lowest BCUT2D eigenvalue weighted by molar-refractivity contribution is -0.279. The largest absolute Gasteiger partial charge is 0.462 e. The van der Waals surface area contributed by atoms with E-state index >= 15 is 0 Å². The number of ketones is 1. The van der Waals surface area contributed by atoms with Gasteiger partial charge in [-0.25, -0.2) is 0 Å². The van der Waals surface area contributed by atoms with Gasteiger partial charge in [-0.05, 0) is 42.9 Å². The zero-order chi connectivity index (χ0) is 23.1. The van der Waals surface area contributed by atoms with Gasteiger partial charge in [0.2, 0.25) is 0 Å². The second-order valence-corrected chi connectivity index (χ2v) is 11.4. The third-order valence-corrected chi connectivity index (χ3v) is 9.51. The average Bonchev–Trinajstić information content (AvgIpc) is 2.76. The SMILES string of the molecule is CC(=O)O[C@H]1C[C@H]2[C@@H](O)[C@@]3(C(=O)[C@@H]2C)[C@H](O)C[C@H]2C(C)(C)CC[C@@H](OC(C)=O)[C@@]2(C)[C@@H]13. The van der Waals surface area contributed by atoms with Gasteiger partial charge in [0.15, 0.2) is 0 Å². The number of carbonyl (C=O) groups excluding carboxylic acids is 3. The van der Waals surface area contributed by atoms with E-state index in [4.69, 9.17) is 9.47 Å². The summed E-state index contributed by atoms with van der Waals surface area (Å²) in [7, 11) is 0. The summed E-state index contributed by atoms with van der Waals surface area (Å²) in [5.74, 6) is -2.51. The summed E-state index contributed by atoms with van der Waals surface area (Å²) in [5.41, 5.74) is -2.33. The Morgan fingerprint density at radius 3 is 2.23 bits per heavy atom. The minimum atomic E-state index is -1.42. The molecule has 0 heterocycles. The van der Waals surface area contributed by atoms with E-state index in [9.17, 15) is 24.6 Å². The lowest BCUT2D eigenvalue weighted by atomic mass is 9.38. The molecular formula is C24H36O7. The van der Waals surface area contributed by atoms with Crippen LogP contribution in [0.1, 0.15) is 67.2 Å². The molecule has 0 aliphatic heterocycles. The third kappa shape index (κ3) is 2.81. The van der Waals surface area contributed by atoms with Crippen LogP contribution in [-0.2, 0) is 23.9 Å². The molecule has 0 aromatic heterocycles. The number of hydrogen-bond acceptors (Lipinski definition) is 7. The van der Waals surface area contributed by atoms with Crippen molar-refractivity contribution in [3.05, 3.63) is 0 Å². The zero-order valence-electron chi connectivity index (χ0n) is 19.4. The Hall–Kier alpha value is -1.47. The van der Waals surface area contributed by atoms with Crippen LogP contribution in [0.15, 0.2) is 0 Å². The van der Waals surface area contributed by atoms with Crippen LogP contribution in [0.25, 0.3) is 0 Å². The van der Waals surface area contributed by atoms with Crippen molar-refractivity contribution in [1.82, 2.24) is 0 Å². The van der Waals surface area contributed by atoms with Crippen molar-refractivity contribution in [3.8, 4) is 0 Å². The van der Waals surface area contributed by atoms with Gasteiger partial charge in [-0.3, -0.25) is 14.4 Å². The third-order valence-electron chi connectivity index (χ3n) is 9.51. The summed E-state index contributed by atoms with van der Waals surface area (Å²) in [4.78, 5) is 37.9. The first kappa shape index (κ1) is 22.7. The summed E-state index contributed by atoms with van der Waals surface area (Å²) in [6.45, 7) is 10.8. The van der Waals surface area contributed by atoms with Crippen LogP contribution in [0.5, 0.6) is 0 Å². The first-order chi connectivity index (χ1) is 14.3. The molecule has 4 rings (SSSR count). The Balaban J connectivity index is 1.96. The predicted octanol–water partition coefficient (Wildman–Crippen LogP) is 2.26. The van der Waals surface area contributed by atoms with Crippen LogP contribution >= 0.6 is 0 Å². The van der Waals surface area contributed by atoms with Gasteiger partial charge >= 0.3 is 11.9 Å². The molecule has 2 bridgehead atoms. The number of aliphatic hydroxyl groups excluding tert-OH is 2. The standard InChI is InChI=1S/C24H36O7/c1-11-14-9-15(30-12(2)25)19-23(6)16(10-17(27)24(19,20(11)28)21(14)29)22(4,5)8-7-18(23)31-13(3)26/h11,14-19,21,27,29H,7-10H2,1-6H3/t11-,14-,15+,16+,17-,18-,19-,21-,23+,24+/m1/s1. The minimum absolute atomic E-state index is 0.0748. The minimum Gasteiger partial charge on any atom is -0.462 e. The molecule has 31 heavy (non-hydrogen) atoms. The Morgan fingerprint density at radius 2 is 1.65 bits per heavy atom. The lowest BCUT2D eigenvalue weighted by Crippen LogP contribution is -2.73. The smallest absolute Gasteiger partial charge is 0.302 e. The Bertz CT molecular complexity index is 806. The number of carbonyl (C=O) groups is 3. The molecule has 7 heteroatoms. The van der Waals surface area contributed by atoms with E-state index in [0.29, 0.717) is 19.3 Å². The van der Waals surface area contributed by atoms with E-state index in [2.05, 4.69) is 13.8 Å². The summed E-state index contributed by atoms with van der Waals surface area (Å²) in [6.07, 6.45) is -1.03. The topological polar surface area (TPSA) is 110 Å². The van der Waals surface area contributed by atoms with Crippen molar-refractivity contribution in [2.75, 3.05) is 0 Å². The van der Waals surface area contributed by atoms with Gasteiger partial charge in [0.05, 0.1) is 17.6 Å². The van der Waals surface area contributed by atoms with Gasteiger partial charge in [0.1, 0.15) is 18.0 Å². The van der Waals surface area contributed by atoms with Gasteiger partial charge < -0.3 is 19.7 Å². The number of ether oxygens (including phenoxy) is 2. The summed E-state index contributed by atoms with van der Waals surface area (Å²) in [6, 6.07) is 0. The van der Waals surface area contributed by atoms with Crippen molar-refractivity contribution in [1.29, 1.82) is 0 Å². The van der Waals surface area contributed by atoms with Gasteiger partial charge in [0, 0.05) is 31.1 Å². The molecule has 4 saturated carbocycles. The van der Waals surface area contributed by atoms with Crippen molar-refractivity contribution in [3.63, 3.8) is 0 Å². The van der Waals surface area contributed by atoms with Gasteiger partial charge in [-0.2, -0.15) is 0 Å². The fourth-order valence-electron chi connectivity index (χ4n) is 8.41. The highest BCUT2D eigenvalue weighted by molar-refractivity contribution is 5.92. The molecule has 0 unspecified atom stereocenters. The maximum Gasteiger partial charge on any atom is 0.302 e. The molecule has 10 atom stereocenters. The monoisotopic (exact) mass is 436 g/mol. The molecular weight excluding hydrogens is 400 g/mol. The molecule has 4 aliphatic rings. The first-order valence-electron chi connectivity index (χ1n) is 11.5. The average molecular weight is 437 g/mol. The number of esters is 2. The molecule has 0 aromatic rings. The molecule has 0 radical (unpaired) electrons. The fourth-order valence-corrected chi connectivity index (χ4v) is 8.41. The van der Waals surface area contributed by atoms with Gasteiger partial charge in [-0.1, -0.05) is 27.7 Å². The maximum atomic E-state index is 13.7. The molecule has 1 spiro atoms. The van der Waals surface area contributed by atoms with E-state index < -0.39 is 59.0 Å². The van der Waals surface area contributed by atoms with E-state index in [-0.39, 0.29) is 23.0 Å². The van der Waals surface area contributed by atoms with E-state index in [1.165, 1.54) is 13.8 Å². The second kappa shape index (κ2) is 7.01. The van der Waals surface area contributed by atoms with Crippen molar-refractivity contribution >= 4 is 17.7 Å². The number of fused-ring (bicyclic) bond motifs is 3. The molecule has 0 saturated heterocycles. The van der Waals surface area contributed by atoms with Crippen molar-refractivity contribution in [2.45, 2.75) is 91.6 Å². The van der Waals surface area contributed by atoms with E-state index in [1.807, 2.05) is 6.92 Å². The maximum absolute atomic E-state index is 13.7. The predicted molar refractivity (Wildman–Crippen MR) is 111 cm³/mol. The Labute approximate surface area is 183 Å². The molecule has 2 N–H and O–H groups in total. The fraction of sp³-hybridized carbons (Fsp3) is 0.875. The molecule has 4 fully saturated rings. The highest BCUT2D eigenvalue weighted by Crippen LogP contribution is 2.71. The van der Waals surface area contributed by atoms with Crippen LogP contribution < -0.4 is 0 Å². The van der Waals surface area contributed by atoms with Crippen LogP contribution in [0.3, 0.4) is 0 Å². The highest BCUT2D eigenvalue weighted by atomic mass is 16.6. The van der Waals surface area contributed by atoms with E-state index in [1.54, 1.807) is 6.92 Å². The second-order valence-electron chi connectivity index (χ2n) is 11.4. The summed E-state index contributed by atoms with van der Waals surface area (Å²) < 4.78 is 11.7. The molecule has 4 aliphatic carbocycles. The highest BCUT2D eigenvalue weighted by Gasteiger charge is 2.78. The Morgan fingerprint density at radius 1 is 1.03 bits per heavy atom. The number of aliphatic hydroxyl groups is 2. The number of rotatable bonds is 2. The molecule has 0 amide bonds. The number of hydrogen-bond donors (Lipinski definition) is 2. The Kier molecular flexibility index (Phi) is 5.14. The lowest BCUT2D eigenvalue weighted by Gasteiger charge is -2.67. The molecule has 174 valence electrons. The van der Waals surface area contributed by atoms with E-state index in [0.717, 1.165) is 6.42 Å².